The van der Waals surface area contributed by atoms with Crippen molar-refractivity contribution in [3.05, 3.63) is 54.1 Å². The molecule has 5 rings (SSSR count). The number of ether oxygens (including phenoxy) is 1. The highest BCUT2D eigenvalue weighted by molar-refractivity contribution is 5.78. The zero-order valence-electron chi connectivity index (χ0n) is 17.1. The fraction of sp³-hybridized carbons (Fsp3) is 0.273. The number of methoxy groups -OCH3 is 1. The van der Waals surface area contributed by atoms with Crippen molar-refractivity contribution in [1.82, 2.24) is 24.5 Å². The van der Waals surface area contributed by atoms with Crippen LogP contribution in [0.5, 0.6) is 5.88 Å². The van der Waals surface area contributed by atoms with Gasteiger partial charge in [-0.3, -0.25) is 0 Å². The largest absolute Gasteiger partial charge is 0.481 e. The Hall–Kier alpha value is -3.69. The summed E-state index contributed by atoms with van der Waals surface area (Å²) in [4.78, 5) is 17.4. The number of nitrogens with zero attached hydrogens (tertiary/aromatic N) is 5. The third kappa shape index (κ3) is 3.61. The van der Waals surface area contributed by atoms with Gasteiger partial charge in [-0.15, -0.1) is 0 Å². The number of pyridine rings is 1. The van der Waals surface area contributed by atoms with Gasteiger partial charge in [0.05, 0.1) is 30.8 Å². The Morgan fingerprint density at radius 1 is 1.00 bits per heavy atom. The number of hydrogen-bond donors (Lipinski definition) is 1. The van der Waals surface area contributed by atoms with Gasteiger partial charge in [0.15, 0.2) is 5.65 Å². The van der Waals surface area contributed by atoms with Crippen molar-refractivity contribution in [2.45, 2.75) is 31.7 Å². The summed E-state index contributed by atoms with van der Waals surface area (Å²) in [5.74, 6) is -2.15. The first-order valence-electron chi connectivity index (χ1n) is 10.2. The number of anilines is 2. The summed E-state index contributed by atoms with van der Waals surface area (Å²) in [5.41, 5.74) is 1.13. The maximum absolute atomic E-state index is 14.6. The number of nitrogens with one attached hydrogen (secondary N) is 1. The minimum absolute atomic E-state index is 0.0238. The quantitative estimate of drug-likeness (QED) is 0.461. The third-order valence-electron chi connectivity index (χ3n) is 5.55. The Labute approximate surface area is 181 Å². The smallest absolute Gasteiger partial charge is 0.229 e. The number of aromatic nitrogens is 5. The molecule has 1 aliphatic rings. The van der Waals surface area contributed by atoms with Gasteiger partial charge in [0.25, 0.3) is 0 Å². The van der Waals surface area contributed by atoms with Crippen LogP contribution in [0.1, 0.15) is 31.7 Å². The molecule has 164 valence electrons. The second kappa shape index (κ2) is 8.10. The lowest BCUT2D eigenvalue weighted by Crippen LogP contribution is -2.10. The predicted octanol–water partition coefficient (Wildman–Crippen LogP) is 5.17. The van der Waals surface area contributed by atoms with Gasteiger partial charge in [0.2, 0.25) is 11.8 Å². The molecule has 32 heavy (non-hydrogen) atoms. The molecule has 1 fully saturated rings. The van der Waals surface area contributed by atoms with Crippen LogP contribution in [-0.4, -0.2) is 31.6 Å². The molecule has 0 bridgehead atoms. The molecule has 0 atom stereocenters. The zero-order valence-corrected chi connectivity index (χ0v) is 17.1. The van der Waals surface area contributed by atoms with Gasteiger partial charge in [-0.25, -0.2) is 28.1 Å². The number of rotatable bonds is 5. The Bertz CT molecular complexity index is 1260. The van der Waals surface area contributed by atoms with E-state index in [1.807, 2.05) is 0 Å². The van der Waals surface area contributed by atoms with E-state index in [0.717, 1.165) is 25.7 Å². The molecule has 0 spiro atoms. The van der Waals surface area contributed by atoms with Crippen molar-refractivity contribution in [2.24, 2.45) is 0 Å². The van der Waals surface area contributed by atoms with Gasteiger partial charge in [-0.2, -0.15) is 4.98 Å². The van der Waals surface area contributed by atoms with E-state index in [-0.39, 0.29) is 23.4 Å². The molecule has 0 saturated heterocycles. The lowest BCUT2D eigenvalue weighted by molar-refractivity contribution is 0.398. The normalized spacial score (nSPS) is 14.2. The lowest BCUT2D eigenvalue weighted by Gasteiger charge is -2.16. The van der Waals surface area contributed by atoms with Crippen LogP contribution in [0.15, 0.2) is 36.7 Å². The Morgan fingerprint density at radius 3 is 2.41 bits per heavy atom. The first kappa shape index (κ1) is 20.2. The number of fused-ring (bicyclic) bond motifs is 1. The van der Waals surface area contributed by atoms with Crippen molar-refractivity contribution >= 4 is 22.8 Å². The van der Waals surface area contributed by atoms with Crippen LogP contribution in [0.2, 0.25) is 0 Å². The summed E-state index contributed by atoms with van der Waals surface area (Å²) in [7, 11) is 1.53. The number of hydrogen-bond acceptors (Lipinski definition) is 6. The van der Waals surface area contributed by atoms with Crippen LogP contribution in [0.3, 0.4) is 0 Å². The van der Waals surface area contributed by atoms with Crippen molar-refractivity contribution in [3.8, 4) is 17.3 Å². The van der Waals surface area contributed by atoms with E-state index in [2.05, 4.69) is 25.3 Å². The highest BCUT2D eigenvalue weighted by Gasteiger charge is 2.28. The third-order valence-corrected chi connectivity index (χ3v) is 5.55. The maximum Gasteiger partial charge on any atom is 0.229 e. The molecular formula is C22H19F3N6O. The monoisotopic (exact) mass is 440 g/mol. The Kier molecular flexibility index (Phi) is 5.12. The molecule has 1 saturated carbocycles. The average Bonchev–Trinajstić information content (AvgIpc) is 3.41. The summed E-state index contributed by atoms with van der Waals surface area (Å²) >= 11 is 0. The van der Waals surface area contributed by atoms with Gasteiger partial charge in [0, 0.05) is 24.2 Å². The number of imidazole rings is 1. The highest BCUT2D eigenvalue weighted by Crippen LogP contribution is 2.38. The van der Waals surface area contributed by atoms with Crippen LogP contribution < -0.4 is 10.1 Å². The molecule has 4 aromatic rings. The summed E-state index contributed by atoms with van der Waals surface area (Å²) in [5, 5.41) is 3.07. The van der Waals surface area contributed by atoms with Crippen molar-refractivity contribution in [1.29, 1.82) is 0 Å². The SMILES string of the molecule is COc1ccc(Nc2ncc3nc(-c4c(F)cc(F)cc4F)n(C4CCCC4)c3n2)cn1. The van der Waals surface area contributed by atoms with Crippen LogP contribution >= 0.6 is 0 Å². The van der Waals surface area contributed by atoms with Crippen LogP contribution in [0.4, 0.5) is 24.8 Å². The van der Waals surface area contributed by atoms with E-state index >= 15 is 0 Å². The second-order valence-corrected chi connectivity index (χ2v) is 7.60. The van der Waals surface area contributed by atoms with Crippen molar-refractivity contribution in [3.63, 3.8) is 0 Å². The Morgan fingerprint density at radius 2 is 1.75 bits per heavy atom. The molecule has 1 N–H and O–H groups in total. The molecule has 3 aromatic heterocycles. The number of benzene rings is 1. The molecular weight excluding hydrogens is 421 g/mol. The standard InChI is InChI=1S/C22H19F3N6O/c1-32-18-7-6-13(10-26-18)28-22-27-11-17-20(30-22)31(14-4-2-3-5-14)21(29-17)19-15(24)8-12(23)9-16(19)25/h6-11,14H,2-5H2,1H3,(H,27,28,30). The summed E-state index contributed by atoms with van der Waals surface area (Å²) in [6.07, 6.45) is 6.72. The predicted molar refractivity (Wildman–Crippen MR) is 112 cm³/mol. The van der Waals surface area contributed by atoms with Gasteiger partial charge in [-0.05, 0) is 18.9 Å². The average molecular weight is 440 g/mol. The van der Waals surface area contributed by atoms with E-state index in [0.29, 0.717) is 34.9 Å². The minimum atomic E-state index is -1.01. The first-order chi connectivity index (χ1) is 15.5. The summed E-state index contributed by atoms with van der Waals surface area (Å²) < 4.78 is 49.5. The fourth-order valence-electron chi connectivity index (χ4n) is 4.10. The molecule has 0 aliphatic heterocycles. The molecule has 0 unspecified atom stereocenters. The highest BCUT2D eigenvalue weighted by atomic mass is 19.1. The lowest BCUT2D eigenvalue weighted by atomic mass is 10.1. The van der Waals surface area contributed by atoms with Crippen molar-refractivity contribution in [2.75, 3.05) is 12.4 Å². The van der Waals surface area contributed by atoms with Gasteiger partial charge in [-0.1, -0.05) is 12.8 Å². The topological polar surface area (TPSA) is 77.8 Å². The maximum atomic E-state index is 14.6. The molecule has 1 aromatic carbocycles. The van der Waals surface area contributed by atoms with Crippen LogP contribution in [0.25, 0.3) is 22.6 Å². The van der Waals surface area contributed by atoms with Crippen molar-refractivity contribution < 1.29 is 17.9 Å². The van der Waals surface area contributed by atoms with E-state index in [1.54, 1.807) is 22.9 Å². The van der Waals surface area contributed by atoms with Gasteiger partial charge >= 0.3 is 0 Å². The van der Waals surface area contributed by atoms with Gasteiger partial charge < -0.3 is 14.6 Å². The van der Waals surface area contributed by atoms with E-state index in [9.17, 15) is 13.2 Å². The van der Waals surface area contributed by atoms with E-state index < -0.39 is 17.5 Å². The second-order valence-electron chi connectivity index (χ2n) is 7.60. The number of halogens is 3. The first-order valence-corrected chi connectivity index (χ1v) is 10.2. The minimum Gasteiger partial charge on any atom is -0.481 e. The van der Waals surface area contributed by atoms with Crippen LogP contribution in [0, 0.1) is 17.5 Å². The summed E-state index contributed by atoms with van der Waals surface area (Å²) in [6, 6.07) is 4.76. The molecule has 0 radical (unpaired) electrons. The Balaban J connectivity index is 1.63. The molecule has 0 amide bonds. The molecule has 10 heteroatoms. The van der Waals surface area contributed by atoms with E-state index in [1.165, 1.54) is 13.3 Å². The van der Waals surface area contributed by atoms with E-state index in [4.69, 9.17) is 4.74 Å². The summed E-state index contributed by atoms with van der Waals surface area (Å²) in [6.45, 7) is 0. The molecule has 3 heterocycles. The molecule has 1 aliphatic carbocycles. The fourth-order valence-corrected chi connectivity index (χ4v) is 4.10. The molecule has 7 nitrogen and oxygen atoms in total. The zero-order chi connectivity index (χ0) is 22.2. The van der Waals surface area contributed by atoms with Gasteiger partial charge in [0.1, 0.15) is 28.8 Å². The van der Waals surface area contributed by atoms with Crippen LogP contribution in [-0.2, 0) is 0 Å².